The smallest absolute Gasteiger partial charge is 0.303 e. The number of aliphatic carboxylic acids is 1. The summed E-state index contributed by atoms with van der Waals surface area (Å²) in [7, 11) is 21.4. The van der Waals surface area contributed by atoms with E-state index >= 15 is 0 Å². The lowest BCUT2D eigenvalue weighted by Gasteiger charge is -2.13. The van der Waals surface area contributed by atoms with E-state index in [9.17, 15) is 19.2 Å². The molecule has 2 aromatic carbocycles. The third-order valence-electron chi connectivity index (χ3n) is 10.2. The Morgan fingerprint density at radius 2 is 0.869 bits per heavy atom. The van der Waals surface area contributed by atoms with Crippen molar-refractivity contribution in [1.29, 1.82) is 0 Å². The number of aryl methyl sites for hydroxylation is 2. The number of unbranched alkanes of at least 4 members (excludes halogenated alkanes) is 9. The Morgan fingerprint density at radius 1 is 0.535 bits per heavy atom. The SMILES string of the molecule is C.C#CCCCC.C/C=C/C.C/C=C/COC.CC(C)=O.CCC(=O)N(C)C.CCC(=O)O.CCC(N)=O.CCCCCC.CCCCCCC.CCCOCCC.CCN(CC)CC.CN(C)C.CNC.COCCOC.COCOC.Cc1ccc(CN)cc1.Cc1ccccc1. The van der Waals surface area contributed by atoms with Crippen LogP contribution in [0.25, 0.3) is 0 Å². The third kappa shape index (κ3) is 264. The van der Waals surface area contributed by atoms with Gasteiger partial charge in [-0.1, -0.05) is 252 Å². The molecule has 0 aliphatic heterocycles. The standard InChI is InChI=1S/C8H11N.C7H8.C7H16.C6H15N.C6H14O.C6H14.C6H10.C5H11NO.C5H10O.C4H10O2.C4H8.C3H7NO.C3H9N.C3H8O2.C3H6O2.C3H6O.C2H7N.CH4/c1-7-2-4-8(6-9)5-3-7;1-7-5-3-2-4-6-7;1-3-5-7-6-4-2;1-4-7(5-2)6-3;1-3-5-7-6-4-2;2*1-3-5-6-4-2;1-4-5(7)6(2)3;1-3-4-5-6-2;1-5-3-4-6-2;1-3-4-2;1-2-3(4)5;1-4(2)3;1-4-3-5-2;1-2-3(4)5;1-3(2)4;1-3-2;/h2-5H,6,9H2,1H3;2-6H,1H3;3-7H2,1-2H3;4-6H2,1-3H3;3-6H2,1-2H3;3-6H2,1-2H3;1H,4-6H2,2H3;4H2,1-3H3;3-4H,5H2,1-2H3;3-4H2,1-2H3;3-4H,1-2H3;2H2,1H3,(H2,4,5);1-3H3;3H2,1-2H3;2H2,1H3,(H,4,5);1-2H3;3H,1-2H3;1H4/b;;;;;;;;4-3+;;4-3+;;;;;;;. The molecule has 0 atom stereocenters. The van der Waals surface area contributed by atoms with E-state index in [1.165, 1.54) is 121 Å². The van der Waals surface area contributed by atoms with Gasteiger partial charge in [-0.05, 0) is 128 Å². The summed E-state index contributed by atoms with van der Waals surface area (Å²) < 4.78 is 28.1. The van der Waals surface area contributed by atoms with Crippen molar-refractivity contribution in [1.82, 2.24) is 20.0 Å². The largest absolute Gasteiger partial charge is 0.481 e. The zero-order valence-electron chi connectivity index (χ0n) is 70.7. The van der Waals surface area contributed by atoms with Gasteiger partial charge in [0.2, 0.25) is 11.8 Å². The third-order valence-corrected chi connectivity index (χ3v) is 10.2. The fraction of sp³-hybridized carbons (Fsp3) is 0.732. The molecule has 0 aromatic heterocycles. The molecule has 0 fully saturated rings. The summed E-state index contributed by atoms with van der Waals surface area (Å²) in [6.45, 7) is 48.8. The molecule has 0 heterocycles. The first-order chi connectivity index (χ1) is 46.5. The zero-order valence-corrected chi connectivity index (χ0v) is 70.7. The molecule has 17 nitrogen and oxygen atoms in total. The number of amides is 2. The van der Waals surface area contributed by atoms with Gasteiger partial charge in [-0.15, -0.1) is 12.3 Å². The highest BCUT2D eigenvalue weighted by Crippen LogP contribution is 2.01. The van der Waals surface area contributed by atoms with E-state index < -0.39 is 5.97 Å². The molecule has 0 saturated heterocycles. The minimum Gasteiger partial charge on any atom is -0.481 e. The van der Waals surface area contributed by atoms with Gasteiger partial charge in [0.25, 0.3) is 0 Å². The molecule has 0 spiro atoms. The van der Waals surface area contributed by atoms with Crippen molar-refractivity contribution in [3.8, 4) is 12.3 Å². The highest BCUT2D eigenvalue weighted by atomic mass is 16.6. The van der Waals surface area contributed by atoms with Crippen molar-refractivity contribution in [2.75, 3.05) is 144 Å². The van der Waals surface area contributed by atoms with E-state index in [2.05, 4.69) is 160 Å². The Morgan fingerprint density at radius 3 is 1.01 bits per heavy atom. The molecular weight excluding hydrogens is 1240 g/mol. The van der Waals surface area contributed by atoms with Crippen LogP contribution >= 0.6 is 0 Å². The van der Waals surface area contributed by atoms with E-state index in [0.717, 1.165) is 39.1 Å². The van der Waals surface area contributed by atoms with Crippen LogP contribution in [0.3, 0.4) is 0 Å². The van der Waals surface area contributed by atoms with E-state index in [0.29, 0.717) is 39.4 Å². The summed E-state index contributed by atoms with van der Waals surface area (Å²) in [4.78, 5) is 44.8. The van der Waals surface area contributed by atoms with Crippen LogP contribution in [0.15, 0.2) is 78.9 Å². The van der Waals surface area contributed by atoms with Crippen molar-refractivity contribution in [2.24, 2.45) is 11.5 Å². The number of carbonyl (C=O) groups excluding carboxylic acids is 3. The minimum absolute atomic E-state index is 0. The van der Waals surface area contributed by atoms with Crippen molar-refractivity contribution >= 4 is 23.6 Å². The number of nitrogens with two attached hydrogens (primary N) is 2. The Balaban J connectivity index is -0.0000000531. The number of Topliss-reactive ketones (excluding diaryl/α,β-unsaturated/α-hetero) is 1. The molecule has 0 saturated carbocycles. The van der Waals surface area contributed by atoms with Crippen molar-refractivity contribution in [3.05, 3.63) is 95.6 Å². The summed E-state index contributed by atoms with van der Waals surface area (Å²) in [5, 5.41) is 10.5. The molecule has 17 heteroatoms. The number of methoxy groups -OCH3 is 5. The summed E-state index contributed by atoms with van der Waals surface area (Å²) in [6, 6.07) is 18.5. The highest BCUT2D eigenvalue weighted by molar-refractivity contribution is 5.75. The Labute approximate surface area is 618 Å². The number of benzene rings is 2. The van der Waals surface area contributed by atoms with E-state index in [1.54, 1.807) is 68.4 Å². The Kier molecular flexibility index (Phi) is 200. The van der Waals surface area contributed by atoms with Crippen LogP contribution in [0.4, 0.5) is 0 Å². The number of carboxylic acid groups (broad SMARTS) is 1. The average Bonchev–Trinajstić information content (AvgIpc) is 1.66. The first-order valence-corrected chi connectivity index (χ1v) is 36.0. The lowest BCUT2D eigenvalue weighted by Crippen LogP contribution is -2.21. The first-order valence-electron chi connectivity index (χ1n) is 36.0. The van der Waals surface area contributed by atoms with Gasteiger partial charge in [0.1, 0.15) is 12.6 Å². The van der Waals surface area contributed by atoms with Gasteiger partial charge >= 0.3 is 5.97 Å². The number of carbonyl (C=O) groups is 4. The van der Waals surface area contributed by atoms with Crippen LogP contribution in [-0.4, -0.2) is 188 Å². The van der Waals surface area contributed by atoms with Crippen LogP contribution < -0.4 is 16.8 Å². The second-order valence-electron chi connectivity index (χ2n) is 21.5. The van der Waals surface area contributed by atoms with Crippen LogP contribution in [-0.2, 0) is 54.1 Å². The number of carboxylic acids is 1. The summed E-state index contributed by atoms with van der Waals surface area (Å²) in [5.74, 6) is 1.93. The number of primary amides is 1. The maximum atomic E-state index is 10.4. The average molecular weight is 1420 g/mol. The Hall–Kier alpha value is -4.84. The number of hydrogen-bond donors (Lipinski definition) is 4. The minimum atomic E-state index is -0.745. The summed E-state index contributed by atoms with van der Waals surface area (Å²) >= 11 is 0. The molecule has 2 aromatic rings. The Bertz CT molecular complexity index is 1630. The van der Waals surface area contributed by atoms with Crippen LogP contribution in [0.2, 0.25) is 0 Å². The van der Waals surface area contributed by atoms with Crippen LogP contribution in [0.5, 0.6) is 0 Å². The maximum absolute atomic E-state index is 10.4. The predicted octanol–water partition coefficient (Wildman–Crippen LogP) is 19.4. The van der Waals surface area contributed by atoms with Crippen molar-refractivity contribution in [3.63, 3.8) is 0 Å². The highest BCUT2D eigenvalue weighted by Gasteiger charge is 1.95. The zero-order chi connectivity index (χ0) is 79.7. The van der Waals surface area contributed by atoms with E-state index in [-0.39, 0.29) is 31.4 Å². The summed E-state index contributed by atoms with van der Waals surface area (Å²) in [6.07, 6.45) is 32.3. The number of allylic oxidation sites excluding steroid dienone is 3. The second kappa shape index (κ2) is 148. The molecule has 2 amide bonds. The molecule has 0 unspecified atom stereocenters. The molecule has 0 aliphatic carbocycles. The maximum Gasteiger partial charge on any atom is 0.303 e. The molecule has 0 bridgehead atoms. The second-order valence-corrected chi connectivity index (χ2v) is 21.5. The fourth-order valence-corrected chi connectivity index (χ4v) is 4.57. The molecule has 6 N–H and O–H groups in total. The number of rotatable bonds is 27. The monoisotopic (exact) mass is 1420 g/mol. The van der Waals surface area contributed by atoms with Gasteiger partial charge in [0.05, 0.1) is 19.8 Å². The number of hydrogen-bond acceptors (Lipinski definition) is 14. The molecule has 99 heavy (non-hydrogen) atoms. The topological polar surface area (TPSA) is 218 Å². The van der Waals surface area contributed by atoms with Crippen molar-refractivity contribution < 1.29 is 52.7 Å². The van der Waals surface area contributed by atoms with Crippen LogP contribution in [0.1, 0.15) is 258 Å². The van der Waals surface area contributed by atoms with Crippen molar-refractivity contribution in [2.45, 2.75) is 262 Å². The fourth-order valence-electron chi connectivity index (χ4n) is 4.57. The van der Waals surface area contributed by atoms with E-state index in [4.69, 9.17) is 26.7 Å². The molecule has 0 radical (unpaired) electrons. The van der Waals surface area contributed by atoms with Gasteiger partial charge in [-0.3, -0.25) is 14.4 Å². The molecule has 0 aliphatic rings. The lowest BCUT2D eigenvalue weighted by atomic mass is 10.2. The van der Waals surface area contributed by atoms with Gasteiger partial charge in [0.15, 0.2) is 0 Å². The molecule has 598 valence electrons. The van der Waals surface area contributed by atoms with Gasteiger partial charge in [-0.2, -0.15) is 0 Å². The molecular formula is C82H174N6O11. The normalized spacial score (nSPS) is 8.67. The van der Waals surface area contributed by atoms with Crippen LogP contribution in [0, 0.1) is 26.2 Å². The number of nitrogens with zero attached hydrogens (tertiary/aromatic N) is 3. The number of terminal acetylenes is 1. The predicted molar refractivity (Wildman–Crippen MR) is 442 cm³/mol. The van der Waals surface area contributed by atoms with Gasteiger partial charge in [0, 0.05) is 95.1 Å². The molecule has 2 rings (SSSR count). The number of nitrogens with one attached hydrogen (secondary N) is 1. The first kappa shape index (κ1) is 134. The number of ether oxygens (including phenoxy) is 6. The van der Waals surface area contributed by atoms with Gasteiger partial charge < -0.3 is 69.8 Å². The van der Waals surface area contributed by atoms with E-state index in [1.807, 2.05) is 110 Å². The van der Waals surface area contributed by atoms with Gasteiger partial charge in [-0.25, -0.2) is 0 Å². The summed E-state index contributed by atoms with van der Waals surface area (Å²) in [5.41, 5.74) is 13.9. The number of ketones is 1. The quantitative estimate of drug-likeness (QED) is 0.0283. The lowest BCUT2D eigenvalue weighted by molar-refractivity contribution is -0.136.